The van der Waals surface area contributed by atoms with E-state index in [1.807, 2.05) is 66.7 Å². The molecule has 6 nitrogen and oxygen atoms in total. The van der Waals surface area contributed by atoms with Gasteiger partial charge in [0.05, 0.1) is 0 Å². The molecule has 52 heavy (non-hydrogen) atoms. The standard InChI is InChI=1S/C46H27N3O3/c1-2-8-28(9-3-1)45-47-48-46(52-45)29-14-18-32(19-15-29)49(33-20-24-35-30(26-33)16-22-39-37-10-4-6-12-41(37)50-43(35)39)34-21-25-36-31(27-34)17-23-40-38-11-5-7-13-42(38)51-44(36)40/h1-27H. The normalized spacial score (nSPS) is 11.8. The van der Waals surface area contributed by atoms with Gasteiger partial charge in [-0.3, -0.25) is 0 Å². The van der Waals surface area contributed by atoms with Crippen LogP contribution in [0.15, 0.2) is 177 Å². The van der Waals surface area contributed by atoms with Gasteiger partial charge in [-0.2, -0.15) is 0 Å². The molecule has 0 saturated carbocycles. The Morgan fingerprint density at radius 1 is 0.346 bits per heavy atom. The molecule has 0 aliphatic rings. The molecule has 3 heterocycles. The van der Waals surface area contributed by atoms with E-state index in [4.69, 9.17) is 13.3 Å². The number of anilines is 3. The second-order valence-electron chi connectivity index (χ2n) is 13.1. The van der Waals surface area contributed by atoms with Gasteiger partial charge in [0.1, 0.15) is 22.3 Å². The first-order valence-electron chi connectivity index (χ1n) is 17.2. The average molecular weight is 670 g/mol. The third-order valence-electron chi connectivity index (χ3n) is 10.0. The fraction of sp³-hybridized carbons (Fsp3) is 0. The van der Waals surface area contributed by atoms with Crippen molar-refractivity contribution in [3.05, 3.63) is 164 Å². The van der Waals surface area contributed by atoms with Gasteiger partial charge in [0, 0.05) is 60.5 Å². The van der Waals surface area contributed by atoms with Crippen LogP contribution in [0.5, 0.6) is 0 Å². The minimum atomic E-state index is 0.470. The van der Waals surface area contributed by atoms with Crippen LogP contribution in [0.25, 0.3) is 88.3 Å². The van der Waals surface area contributed by atoms with E-state index in [0.717, 1.165) is 93.6 Å². The van der Waals surface area contributed by atoms with Crippen LogP contribution in [0.3, 0.4) is 0 Å². The summed E-state index contributed by atoms with van der Waals surface area (Å²) >= 11 is 0. The minimum Gasteiger partial charge on any atom is -0.455 e. The molecule has 0 fully saturated rings. The van der Waals surface area contributed by atoms with Gasteiger partial charge < -0.3 is 18.2 Å². The molecule has 6 heteroatoms. The highest BCUT2D eigenvalue weighted by molar-refractivity contribution is 6.17. The topological polar surface area (TPSA) is 68.4 Å². The van der Waals surface area contributed by atoms with Gasteiger partial charge in [-0.05, 0) is 108 Å². The van der Waals surface area contributed by atoms with Gasteiger partial charge in [0.15, 0.2) is 0 Å². The predicted molar refractivity (Wildman–Crippen MR) is 209 cm³/mol. The SMILES string of the molecule is c1ccc(-c2nnc(-c3ccc(N(c4ccc5c(ccc6c7ccccc7oc56)c4)c4ccc5c(ccc6c7ccccc7oc56)c4)cc3)o2)cc1. The van der Waals surface area contributed by atoms with Crippen LogP contribution in [-0.4, -0.2) is 10.2 Å². The van der Waals surface area contributed by atoms with Crippen LogP contribution in [-0.2, 0) is 0 Å². The number of fused-ring (bicyclic) bond motifs is 10. The largest absolute Gasteiger partial charge is 0.455 e. The van der Waals surface area contributed by atoms with Crippen molar-refractivity contribution in [3.63, 3.8) is 0 Å². The average Bonchev–Trinajstić information content (AvgIpc) is 3.95. The van der Waals surface area contributed by atoms with Gasteiger partial charge in [-0.25, -0.2) is 0 Å². The maximum Gasteiger partial charge on any atom is 0.248 e. The van der Waals surface area contributed by atoms with Crippen LogP contribution < -0.4 is 4.90 Å². The second-order valence-corrected chi connectivity index (χ2v) is 13.1. The van der Waals surface area contributed by atoms with Crippen molar-refractivity contribution < 1.29 is 13.3 Å². The molecule has 8 aromatic carbocycles. The molecule has 0 atom stereocenters. The van der Waals surface area contributed by atoms with Crippen molar-refractivity contribution >= 4 is 82.5 Å². The fourth-order valence-electron chi connectivity index (χ4n) is 7.51. The Morgan fingerprint density at radius 2 is 0.808 bits per heavy atom. The number of benzene rings is 8. The van der Waals surface area contributed by atoms with Gasteiger partial charge >= 0.3 is 0 Å². The van der Waals surface area contributed by atoms with Gasteiger partial charge in [0.2, 0.25) is 11.8 Å². The molecule has 0 aliphatic carbocycles. The Labute approximate surface area is 296 Å². The van der Waals surface area contributed by atoms with Crippen molar-refractivity contribution in [2.75, 3.05) is 4.90 Å². The van der Waals surface area contributed by atoms with Crippen molar-refractivity contribution in [1.82, 2.24) is 10.2 Å². The van der Waals surface area contributed by atoms with Gasteiger partial charge in [-0.1, -0.05) is 66.7 Å². The summed E-state index contributed by atoms with van der Waals surface area (Å²) in [6.45, 7) is 0. The number of aromatic nitrogens is 2. The molecule has 244 valence electrons. The van der Waals surface area contributed by atoms with Crippen molar-refractivity contribution in [3.8, 4) is 22.9 Å². The number of hydrogen-bond donors (Lipinski definition) is 0. The summed E-state index contributed by atoms with van der Waals surface area (Å²) < 4.78 is 18.8. The first-order valence-corrected chi connectivity index (χ1v) is 17.2. The first-order chi connectivity index (χ1) is 25.7. The first kappa shape index (κ1) is 28.6. The zero-order valence-electron chi connectivity index (χ0n) is 27.7. The lowest BCUT2D eigenvalue weighted by Crippen LogP contribution is -2.10. The minimum absolute atomic E-state index is 0.470. The van der Waals surface area contributed by atoms with Crippen molar-refractivity contribution in [1.29, 1.82) is 0 Å². The molecule has 0 N–H and O–H groups in total. The monoisotopic (exact) mass is 669 g/mol. The third-order valence-corrected chi connectivity index (χ3v) is 10.0. The fourth-order valence-corrected chi connectivity index (χ4v) is 7.51. The van der Waals surface area contributed by atoms with Gasteiger partial charge in [0.25, 0.3) is 0 Å². The van der Waals surface area contributed by atoms with E-state index in [2.05, 4.69) is 112 Å². The third kappa shape index (κ3) is 4.44. The number of para-hydroxylation sites is 2. The van der Waals surface area contributed by atoms with E-state index in [0.29, 0.717) is 11.8 Å². The summed E-state index contributed by atoms with van der Waals surface area (Å²) in [4.78, 5) is 2.28. The molecule has 0 radical (unpaired) electrons. The number of furan rings is 2. The predicted octanol–water partition coefficient (Wildman–Crippen LogP) is 13.0. The van der Waals surface area contributed by atoms with E-state index in [1.165, 1.54) is 0 Å². The molecular weight excluding hydrogens is 643 g/mol. The Bertz CT molecular complexity index is 2980. The summed E-state index contributed by atoms with van der Waals surface area (Å²) in [5.74, 6) is 0.962. The number of nitrogens with zero attached hydrogens (tertiary/aromatic N) is 3. The summed E-state index contributed by atoms with van der Waals surface area (Å²) in [7, 11) is 0. The highest BCUT2D eigenvalue weighted by atomic mass is 16.4. The van der Waals surface area contributed by atoms with Crippen LogP contribution in [0.4, 0.5) is 17.1 Å². The highest BCUT2D eigenvalue weighted by Gasteiger charge is 2.19. The Balaban J connectivity index is 1.05. The zero-order chi connectivity index (χ0) is 34.2. The Morgan fingerprint density at radius 3 is 1.37 bits per heavy atom. The van der Waals surface area contributed by atoms with E-state index < -0.39 is 0 Å². The quantitative estimate of drug-likeness (QED) is 0.182. The summed E-state index contributed by atoms with van der Waals surface area (Å²) in [5, 5.41) is 17.5. The van der Waals surface area contributed by atoms with Crippen LogP contribution in [0.2, 0.25) is 0 Å². The molecule has 11 rings (SSSR count). The molecule has 3 aromatic heterocycles. The van der Waals surface area contributed by atoms with Crippen LogP contribution >= 0.6 is 0 Å². The van der Waals surface area contributed by atoms with Crippen molar-refractivity contribution in [2.24, 2.45) is 0 Å². The lowest BCUT2D eigenvalue weighted by Gasteiger charge is -2.26. The molecule has 0 spiro atoms. The smallest absolute Gasteiger partial charge is 0.248 e. The molecule has 0 saturated heterocycles. The molecule has 0 bridgehead atoms. The Kier molecular flexibility index (Phi) is 6.15. The maximum absolute atomic E-state index is 6.38. The van der Waals surface area contributed by atoms with Crippen LogP contribution in [0, 0.1) is 0 Å². The van der Waals surface area contributed by atoms with E-state index >= 15 is 0 Å². The lowest BCUT2D eigenvalue weighted by molar-refractivity contribution is 0.584. The number of rotatable bonds is 5. The van der Waals surface area contributed by atoms with E-state index in [-0.39, 0.29) is 0 Å². The van der Waals surface area contributed by atoms with Crippen molar-refractivity contribution in [2.45, 2.75) is 0 Å². The molecule has 0 aliphatic heterocycles. The molecule has 11 aromatic rings. The van der Waals surface area contributed by atoms with Crippen LogP contribution in [0.1, 0.15) is 0 Å². The summed E-state index contributed by atoms with van der Waals surface area (Å²) in [6.07, 6.45) is 0. The summed E-state index contributed by atoms with van der Waals surface area (Å²) in [5.41, 5.74) is 8.33. The summed E-state index contributed by atoms with van der Waals surface area (Å²) in [6, 6.07) is 56.3. The molecule has 0 unspecified atom stereocenters. The highest BCUT2D eigenvalue weighted by Crippen LogP contribution is 2.42. The second kappa shape index (κ2) is 11.2. The zero-order valence-corrected chi connectivity index (χ0v) is 27.7. The molecular formula is C46H27N3O3. The lowest BCUT2D eigenvalue weighted by atomic mass is 10.0. The molecule has 0 amide bonds. The van der Waals surface area contributed by atoms with Gasteiger partial charge in [-0.15, -0.1) is 10.2 Å². The van der Waals surface area contributed by atoms with E-state index in [9.17, 15) is 0 Å². The maximum atomic E-state index is 6.38. The van der Waals surface area contributed by atoms with E-state index in [1.54, 1.807) is 0 Å². The number of hydrogen-bond acceptors (Lipinski definition) is 6. The Hall–Kier alpha value is -7.18.